The minimum atomic E-state index is -0.542. The highest BCUT2D eigenvalue weighted by Gasteiger charge is 2.27. The molecule has 4 heteroatoms. The van der Waals surface area contributed by atoms with Crippen LogP contribution < -0.4 is 5.32 Å². The van der Waals surface area contributed by atoms with Crippen molar-refractivity contribution >= 4 is 11.9 Å². The van der Waals surface area contributed by atoms with Crippen LogP contribution >= 0.6 is 0 Å². The molecule has 0 saturated carbocycles. The number of nitrogens with one attached hydrogen (secondary N) is 1. The zero-order valence-electron chi connectivity index (χ0n) is 11.8. The minimum Gasteiger partial charge on any atom is -0.467 e. The van der Waals surface area contributed by atoms with Crippen molar-refractivity contribution in [3.63, 3.8) is 0 Å². The van der Waals surface area contributed by atoms with Crippen LogP contribution in [0, 0.1) is 11.3 Å². The van der Waals surface area contributed by atoms with Crippen LogP contribution in [0.4, 0.5) is 0 Å². The zero-order valence-corrected chi connectivity index (χ0v) is 11.8. The summed E-state index contributed by atoms with van der Waals surface area (Å²) in [5.74, 6) is -0.402. The number of carbonyl (C=O) groups excluding carboxylic acids is 2. The predicted molar refractivity (Wildman–Crippen MR) is 67.5 cm³/mol. The standard InChI is InChI=1S/C13H25NO3/c1-7-9(2)11(12(16)17-6)14-10(15)8-13(3,4)5/h9,11H,7-8H2,1-6H3,(H,14,15). The fourth-order valence-electron chi connectivity index (χ4n) is 1.50. The van der Waals surface area contributed by atoms with Gasteiger partial charge in [-0.2, -0.15) is 0 Å². The normalized spacial score (nSPS) is 14.9. The third-order valence-corrected chi connectivity index (χ3v) is 2.68. The molecule has 0 bridgehead atoms. The van der Waals surface area contributed by atoms with Gasteiger partial charge in [-0.25, -0.2) is 4.79 Å². The highest BCUT2D eigenvalue weighted by molar-refractivity contribution is 5.84. The molecule has 0 aliphatic rings. The average Bonchev–Trinajstić information content (AvgIpc) is 2.21. The van der Waals surface area contributed by atoms with E-state index >= 15 is 0 Å². The van der Waals surface area contributed by atoms with E-state index in [2.05, 4.69) is 5.32 Å². The SMILES string of the molecule is CCC(C)C(NC(=O)CC(C)(C)C)C(=O)OC. The largest absolute Gasteiger partial charge is 0.467 e. The number of amides is 1. The lowest BCUT2D eigenvalue weighted by atomic mass is 9.91. The molecule has 2 atom stereocenters. The Balaban J connectivity index is 4.54. The van der Waals surface area contributed by atoms with Crippen molar-refractivity contribution in [2.75, 3.05) is 7.11 Å². The van der Waals surface area contributed by atoms with Gasteiger partial charge in [0.1, 0.15) is 6.04 Å². The predicted octanol–water partition coefficient (Wildman–Crippen LogP) is 2.13. The quantitative estimate of drug-likeness (QED) is 0.753. The van der Waals surface area contributed by atoms with Crippen molar-refractivity contribution in [3.8, 4) is 0 Å². The second-order valence-electron chi connectivity index (χ2n) is 5.69. The van der Waals surface area contributed by atoms with E-state index in [-0.39, 0.29) is 23.2 Å². The van der Waals surface area contributed by atoms with Crippen LogP contribution in [0.1, 0.15) is 47.5 Å². The zero-order chi connectivity index (χ0) is 13.6. The number of hydrogen-bond acceptors (Lipinski definition) is 3. The molecule has 0 aliphatic heterocycles. The van der Waals surface area contributed by atoms with Crippen molar-refractivity contribution in [1.82, 2.24) is 5.32 Å². The summed E-state index contributed by atoms with van der Waals surface area (Å²) in [6, 6.07) is -0.542. The van der Waals surface area contributed by atoms with Crippen LogP contribution in [0.3, 0.4) is 0 Å². The number of ether oxygens (including phenoxy) is 1. The van der Waals surface area contributed by atoms with Gasteiger partial charge in [0.05, 0.1) is 7.11 Å². The van der Waals surface area contributed by atoms with E-state index in [1.807, 2.05) is 34.6 Å². The Hall–Kier alpha value is -1.06. The molecular formula is C13H25NO3. The number of rotatable bonds is 5. The van der Waals surface area contributed by atoms with Gasteiger partial charge in [0.2, 0.25) is 5.91 Å². The van der Waals surface area contributed by atoms with Crippen molar-refractivity contribution in [3.05, 3.63) is 0 Å². The van der Waals surface area contributed by atoms with E-state index in [0.29, 0.717) is 6.42 Å². The second-order valence-corrected chi connectivity index (χ2v) is 5.69. The maximum Gasteiger partial charge on any atom is 0.328 e. The molecule has 0 aromatic heterocycles. The molecule has 4 nitrogen and oxygen atoms in total. The van der Waals surface area contributed by atoms with E-state index in [4.69, 9.17) is 4.74 Å². The highest BCUT2D eigenvalue weighted by Crippen LogP contribution is 2.18. The third-order valence-electron chi connectivity index (χ3n) is 2.68. The van der Waals surface area contributed by atoms with E-state index in [1.54, 1.807) is 0 Å². The topological polar surface area (TPSA) is 55.4 Å². The summed E-state index contributed by atoms with van der Waals surface area (Å²) in [5, 5.41) is 2.76. The van der Waals surface area contributed by atoms with Gasteiger partial charge in [-0.05, 0) is 11.3 Å². The van der Waals surface area contributed by atoms with Crippen LogP contribution in [0.2, 0.25) is 0 Å². The number of hydrogen-bond donors (Lipinski definition) is 1. The molecule has 0 heterocycles. The average molecular weight is 243 g/mol. The van der Waals surface area contributed by atoms with Gasteiger partial charge in [0.15, 0.2) is 0 Å². The Labute approximate surface area is 104 Å². The molecule has 0 rings (SSSR count). The summed E-state index contributed by atoms with van der Waals surface area (Å²) >= 11 is 0. The number of carbonyl (C=O) groups is 2. The molecule has 0 aromatic rings. The molecule has 1 N–H and O–H groups in total. The van der Waals surface area contributed by atoms with E-state index in [9.17, 15) is 9.59 Å². The lowest BCUT2D eigenvalue weighted by Gasteiger charge is -2.24. The summed E-state index contributed by atoms with van der Waals surface area (Å²) < 4.78 is 4.71. The van der Waals surface area contributed by atoms with Gasteiger partial charge >= 0.3 is 5.97 Å². The van der Waals surface area contributed by atoms with Crippen LogP contribution in [0.25, 0.3) is 0 Å². The summed E-state index contributed by atoms with van der Waals surface area (Å²) in [6.45, 7) is 9.88. The molecule has 0 spiro atoms. The van der Waals surface area contributed by atoms with Gasteiger partial charge in [0, 0.05) is 6.42 Å². The smallest absolute Gasteiger partial charge is 0.328 e. The van der Waals surface area contributed by atoms with Gasteiger partial charge in [-0.1, -0.05) is 41.0 Å². The Morgan fingerprint density at radius 2 is 1.82 bits per heavy atom. The molecule has 17 heavy (non-hydrogen) atoms. The molecule has 0 aromatic carbocycles. The van der Waals surface area contributed by atoms with Gasteiger partial charge in [-0.15, -0.1) is 0 Å². The van der Waals surface area contributed by atoms with Gasteiger partial charge in [-0.3, -0.25) is 4.79 Å². The Morgan fingerprint density at radius 1 is 1.29 bits per heavy atom. The van der Waals surface area contributed by atoms with Crippen molar-refractivity contribution in [1.29, 1.82) is 0 Å². The first-order valence-corrected chi connectivity index (χ1v) is 6.08. The monoisotopic (exact) mass is 243 g/mol. The molecular weight excluding hydrogens is 218 g/mol. The van der Waals surface area contributed by atoms with Gasteiger partial charge in [0.25, 0.3) is 0 Å². The number of methoxy groups -OCH3 is 1. The Bertz CT molecular complexity index is 268. The van der Waals surface area contributed by atoms with E-state index < -0.39 is 6.04 Å². The highest BCUT2D eigenvalue weighted by atomic mass is 16.5. The summed E-state index contributed by atoms with van der Waals surface area (Å²) in [4.78, 5) is 23.4. The maximum atomic E-state index is 11.8. The first-order chi connectivity index (χ1) is 7.71. The maximum absolute atomic E-state index is 11.8. The minimum absolute atomic E-state index is 0.0753. The molecule has 0 saturated heterocycles. The molecule has 0 radical (unpaired) electrons. The third kappa shape index (κ3) is 6.29. The lowest BCUT2D eigenvalue weighted by molar-refractivity contribution is -0.146. The van der Waals surface area contributed by atoms with Crippen LogP contribution in [-0.2, 0) is 14.3 Å². The van der Waals surface area contributed by atoms with Crippen LogP contribution in [-0.4, -0.2) is 25.0 Å². The molecule has 100 valence electrons. The summed E-state index contributed by atoms with van der Waals surface area (Å²) in [6.07, 6.45) is 1.21. The molecule has 0 fully saturated rings. The molecule has 0 aliphatic carbocycles. The fourth-order valence-corrected chi connectivity index (χ4v) is 1.50. The van der Waals surface area contributed by atoms with E-state index in [0.717, 1.165) is 6.42 Å². The van der Waals surface area contributed by atoms with Crippen LogP contribution in [0.5, 0.6) is 0 Å². The van der Waals surface area contributed by atoms with Crippen molar-refractivity contribution in [2.24, 2.45) is 11.3 Å². The first kappa shape index (κ1) is 15.9. The summed E-state index contributed by atoms with van der Waals surface area (Å²) in [5.41, 5.74) is -0.0831. The lowest BCUT2D eigenvalue weighted by Crippen LogP contribution is -2.46. The first-order valence-electron chi connectivity index (χ1n) is 6.08. The fraction of sp³-hybridized carbons (Fsp3) is 0.846. The van der Waals surface area contributed by atoms with Crippen molar-refractivity contribution < 1.29 is 14.3 Å². The second kappa shape index (κ2) is 6.62. The number of esters is 1. The summed E-state index contributed by atoms with van der Waals surface area (Å²) in [7, 11) is 1.34. The Kier molecular flexibility index (Phi) is 6.21. The molecule has 1 amide bonds. The van der Waals surface area contributed by atoms with E-state index in [1.165, 1.54) is 7.11 Å². The Morgan fingerprint density at radius 3 is 2.18 bits per heavy atom. The van der Waals surface area contributed by atoms with Crippen LogP contribution in [0.15, 0.2) is 0 Å². The van der Waals surface area contributed by atoms with Gasteiger partial charge < -0.3 is 10.1 Å². The molecule has 2 unspecified atom stereocenters. The van der Waals surface area contributed by atoms with Crippen molar-refractivity contribution in [2.45, 2.75) is 53.5 Å².